The summed E-state index contributed by atoms with van der Waals surface area (Å²) in [6.45, 7) is 0.325. The minimum atomic E-state index is -0.228. The van der Waals surface area contributed by atoms with E-state index in [9.17, 15) is 4.79 Å². The number of fused-ring (bicyclic) bond motifs is 2. The first-order chi connectivity index (χ1) is 16.2. The fourth-order valence-corrected chi connectivity index (χ4v) is 3.75. The first-order valence-electron chi connectivity index (χ1n) is 10.1. The van der Waals surface area contributed by atoms with Gasteiger partial charge in [0.1, 0.15) is 17.8 Å². The van der Waals surface area contributed by atoms with Crippen LogP contribution in [0.25, 0.3) is 28.2 Å². The van der Waals surface area contributed by atoms with Gasteiger partial charge in [-0.15, -0.1) is 0 Å². The van der Waals surface area contributed by atoms with Crippen LogP contribution in [0.3, 0.4) is 0 Å². The van der Waals surface area contributed by atoms with Gasteiger partial charge in [0, 0.05) is 18.0 Å². The van der Waals surface area contributed by atoms with Crippen molar-refractivity contribution in [2.75, 3.05) is 13.9 Å². The third kappa shape index (κ3) is 3.28. The topological polar surface area (TPSA) is 106 Å². The minimum Gasteiger partial charge on any atom is -0.496 e. The Balaban J connectivity index is 1.31. The van der Waals surface area contributed by atoms with Crippen LogP contribution in [0.5, 0.6) is 17.2 Å². The van der Waals surface area contributed by atoms with Crippen molar-refractivity contribution < 1.29 is 18.7 Å². The highest BCUT2D eigenvalue weighted by atomic mass is 16.7. The van der Waals surface area contributed by atoms with E-state index in [1.807, 2.05) is 42.5 Å². The third-order valence-electron chi connectivity index (χ3n) is 5.39. The largest absolute Gasteiger partial charge is 0.496 e. The smallest absolute Gasteiger partial charge is 0.277 e. The summed E-state index contributed by atoms with van der Waals surface area (Å²) in [6, 6.07) is 14.7. The maximum Gasteiger partial charge on any atom is 0.277 e. The van der Waals surface area contributed by atoms with Crippen molar-refractivity contribution in [2.45, 2.75) is 6.54 Å². The molecule has 5 aromatic rings. The van der Waals surface area contributed by atoms with E-state index < -0.39 is 0 Å². The number of rotatable bonds is 5. The molecule has 164 valence electrons. The Morgan fingerprint density at radius 2 is 1.94 bits per heavy atom. The monoisotopic (exact) mass is 443 g/mol. The molecular formula is C23H17N5O5. The van der Waals surface area contributed by atoms with Gasteiger partial charge in [-0.3, -0.25) is 4.79 Å². The van der Waals surface area contributed by atoms with Gasteiger partial charge in [0.05, 0.1) is 18.4 Å². The van der Waals surface area contributed by atoms with E-state index in [1.54, 1.807) is 30.1 Å². The van der Waals surface area contributed by atoms with Crippen LogP contribution in [0.15, 0.2) is 70.2 Å². The molecule has 0 amide bonds. The summed E-state index contributed by atoms with van der Waals surface area (Å²) in [5.74, 6) is 2.68. The van der Waals surface area contributed by atoms with Crippen LogP contribution in [0.1, 0.15) is 5.89 Å². The quantitative estimate of drug-likeness (QED) is 0.408. The maximum atomic E-state index is 13.1. The van der Waals surface area contributed by atoms with Crippen LogP contribution in [-0.2, 0) is 6.54 Å². The maximum absolute atomic E-state index is 13.1. The Kier molecular flexibility index (Phi) is 4.35. The van der Waals surface area contributed by atoms with Gasteiger partial charge in [0.25, 0.3) is 5.56 Å². The summed E-state index contributed by atoms with van der Waals surface area (Å²) in [6.07, 6.45) is 3.35. The normalized spacial score (nSPS) is 12.4. The van der Waals surface area contributed by atoms with E-state index in [0.717, 1.165) is 5.56 Å². The molecule has 6 rings (SSSR count). The predicted octanol–water partition coefficient (Wildman–Crippen LogP) is 3.00. The molecule has 3 aromatic heterocycles. The molecule has 0 saturated heterocycles. The van der Waals surface area contributed by atoms with Crippen molar-refractivity contribution in [1.82, 2.24) is 24.3 Å². The summed E-state index contributed by atoms with van der Waals surface area (Å²) in [7, 11) is 1.58. The van der Waals surface area contributed by atoms with Crippen LogP contribution in [0.4, 0.5) is 0 Å². The van der Waals surface area contributed by atoms with Crippen LogP contribution >= 0.6 is 0 Å². The predicted molar refractivity (Wildman–Crippen MR) is 116 cm³/mol. The number of methoxy groups -OCH3 is 1. The van der Waals surface area contributed by atoms with E-state index >= 15 is 0 Å². The Bertz CT molecular complexity index is 1550. The lowest BCUT2D eigenvalue weighted by Gasteiger charge is -2.03. The second-order valence-electron chi connectivity index (χ2n) is 7.37. The molecule has 0 atom stereocenters. The zero-order valence-corrected chi connectivity index (χ0v) is 17.5. The van der Waals surface area contributed by atoms with E-state index in [4.69, 9.17) is 18.7 Å². The Morgan fingerprint density at radius 1 is 1.06 bits per heavy atom. The lowest BCUT2D eigenvalue weighted by molar-refractivity contribution is 0.174. The summed E-state index contributed by atoms with van der Waals surface area (Å²) < 4.78 is 24.6. The summed E-state index contributed by atoms with van der Waals surface area (Å²) in [4.78, 5) is 17.5. The van der Waals surface area contributed by atoms with E-state index in [-0.39, 0.29) is 18.9 Å². The van der Waals surface area contributed by atoms with Gasteiger partial charge in [-0.05, 0) is 36.4 Å². The number of benzene rings is 2. The third-order valence-corrected chi connectivity index (χ3v) is 5.39. The zero-order valence-electron chi connectivity index (χ0n) is 17.5. The number of ether oxygens (including phenoxy) is 3. The van der Waals surface area contributed by atoms with Crippen molar-refractivity contribution in [2.24, 2.45) is 0 Å². The summed E-state index contributed by atoms with van der Waals surface area (Å²) in [5.41, 5.74) is 2.39. The lowest BCUT2D eigenvalue weighted by atomic mass is 10.1. The Morgan fingerprint density at radius 3 is 2.85 bits per heavy atom. The van der Waals surface area contributed by atoms with Crippen LogP contribution in [-0.4, -0.2) is 38.2 Å². The van der Waals surface area contributed by atoms with E-state index in [2.05, 4.69) is 15.2 Å². The average molecular weight is 443 g/mol. The molecule has 0 saturated carbocycles. The van der Waals surface area contributed by atoms with Gasteiger partial charge in [-0.25, -0.2) is 4.52 Å². The van der Waals surface area contributed by atoms with Crippen molar-refractivity contribution in [3.05, 3.63) is 77.2 Å². The molecule has 0 bridgehead atoms. The first kappa shape index (κ1) is 19.1. The molecule has 33 heavy (non-hydrogen) atoms. The molecule has 4 heterocycles. The van der Waals surface area contributed by atoms with Crippen LogP contribution < -0.4 is 19.8 Å². The Hall–Kier alpha value is -4.60. The van der Waals surface area contributed by atoms with Crippen molar-refractivity contribution >= 4 is 5.52 Å². The number of para-hydroxylation sites is 1. The molecular weight excluding hydrogens is 426 g/mol. The second-order valence-corrected chi connectivity index (χ2v) is 7.37. The van der Waals surface area contributed by atoms with Crippen molar-refractivity contribution in [3.8, 4) is 39.9 Å². The number of hydrogen-bond acceptors (Lipinski definition) is 8. The molecule has 0 unspecified atom stereocenters. The molecule has 0 radical (unpaired) electrons. The number of aromatic nitrogens is 5. The average Bonchev–Trinajstić information content (AvgIpc) is 3.60. The lowest BCUT2D eigenvalue weighted by Crippen LogP contribution is -2.21. The second kappa shape index (κ2) is 7.52. The fraction of sp³-hybridized carbons (Fsp3) is 0.130. The van der Waals surface area contributed by atoms with E-state index in [1.165, 1.54) is 4.57 Å². The van der Waals surface area contributed by atoms with Gasteiger partial charge >= 0.3 is 0 Å². The molecule has 0 spiro atoms. The number of nitrogens with zero attached hydrogens (tertiary/aromatic N) is 5. The highest BCUT2D eigenvalue weighted by molar-refractivity contribution is 5.68. The first-order valence-corrected chi connectivity index (χ1v) is 10.1. The van der Waals surface area contributed by atoms with E-state index in [0.29, 0.717) is 45.7 Å². The summed E-state index contributed by atoms with van der Waals surface area (Å²) in [5, 5.41) is 8.56. The molecule has 10 heteroatoms. The SMILES string of the molecule is COc1ccccc1-c1noc(Cn2ccn3nc(-c4ccc5c(c4)OCO5)cc3c2=O)n1. The van der Waals surface area contributed by atoms with Gasteiger partial charge in [0.15, 0.2) is 11.5 Å². The minimum absolute atomic E-state index is 0.127. The van der Waals surface area contributed by atoms with Gasteiger partial charge in [-0.2, -0.15) is 10.1 Å². The van der Waals surface area contributed by atoms with Gasteiger partial charge in [0.2, 0.25) is 18.5 Å². The molecule has 1 aliphatic rings. The summed E-state index contributed by atoms with van der Waals surface area (Å²) >= 11 is 0. The molecule has 0 fully saturated rings. The highest BCUT2D eigenvalue weighted by Gasteiger charge is 2.17. The standard InChI is InChI=1S/C23H17N5O5/c1-30-18-5-3-2-4-15(18)22-24-21(33-26-22)12-27-8-9-28-17(23(27)29)11-16(25-28)14-6-7-19-20(10-14)32-13-31-19/h2-11H,12-13H2,1H3. The van der Waals surface area contributed by atoms with Gasteiger partial charge in [-0.1, -0.05) is 17.3 Å². The Labute approximate surface area is 186 Å². The molecule has 10 nitrogen and oxygen atoms in total. The molecule has 0 aliphatic carbocycles. The number of hydrogen-bond donors (Lipinski definition) is 0. The molecule has 0 N–H and O–H groups in total. The van der Waals surface area contributed by atoms with Crippen LogP contribution in [0.2, 0.25) is 0 Å². The zero-order chi connectivity index (χ0) is 22.4. The van der Waals surface area contributed by atoms with Crippen LogP contribution in [0, 0.1) is 0 Å². The highest BCUT2D eigenvalue weighted by Crippen LogP contribution is 2.35. The van der Waals surface area contributed by atoms with Crippen molar-refractivity contribution in [3.63, 3.8) is 0 Å². The van der Waals surface area contributed by atoms with Gasteiger partial charge < -0.3 is 23.3 Å². The molecule has 2 aromatic carbocycles. The molecule has 1 aliphatic heterocycles. The fourth-order valence-electron chi connectivity index (χ4n) is 3.75. The van der Waals surface area contributed by atoms with Crippen molar-refractivity contribution in [1.29, 1.82) is 0 Å².